The number of halogens is 1. The Morgan fingerprint density at radius 3 is 2.73 bits per heavy atom. The van der Waals surface area contributed by atoms with Crippen molar-refractivity contribution in [1.82, 2.24) is 19.7 Å². The van der Waals surface area contributed by atoms with E-state index in [0.29, 0.717) is 5.02 Å². The lowest BCUT2D eigenvalue weighted by Gasteiger charge is -2.16. The van der Waals surface area contributed by atoms with Crippen LogP contribution in [0.1, 0.15) is 30.1 Å². The molecule has 0 saturated heterocycles. The van der Waals surface area contributed by atoms with Gasteiger partial charge in [0.15, 0.2) is 17.1 Å². The fraction of sp³-hybridized carbons (Fsp3) is 0.227. The van der Waals surface area contributed by atoms with Gasteiger partial charge in [-0.05, 0) is 37.6 Å². The first-order valence-electron chi connectivity index (χ1n) is 9.46. The molecule has 4 rings (SSSR count). The Morgan fingerprint density at radius 2 is 1.97 bits per heavy atom. The molecule has 0 radical (unpaired) electrons. The molecule has 0 bridgehead atoms. The Labute approximate surface area is 189 Å². The van der Waals surface area contributed by atoms with Gasteiger partial charge in [0, 0.05) is 28.8 Å². The summed E-state index contributed by atoms with van der Waals surface area (Å²) < 4.78 is 8.07. The van der Waals surface area contributed by atoms with Gasteiger partial charge in [0.05, 0.1) is 5.69 Å². The van der Waals surface area contributed by atoms with E-state index in [1.54, 1.807) is 23.1 Å². The molecule has 30 heavy (non-hydrogen) atoms. The number of aryl methyl sites for hydroxylation is 1. The van der Waals surface area contributed by atoms with Gasteiger partial charge in [-0.1, -0.05) is 53.7 Å². The number of nitrogens with zero attached hydrogens (tertiary/aromatic N) is 4. The molecule has 1 unspecified atom stereocenters. The zero-order chi connectivity index (χ0) is 21.1. The molecular weight excluding hydrogens is 436 g/mol. The van der Waals surface area contributed by atoms with Gasteiger partial charge in [-0.3, -0.25) is 0 Å². The first-order valence-corrected chi connectivity index (χ1v) is 11.7. The van der Waals surface area contributed by atoms with Crippen LogP contribution < -0.4 is 4.74 Å². The summed E-state index contributed by atoms with van der Waals surface area (Å²) >= 11 is 9.31. The zero-order valence-electron chi connectivity index (χ0n) is 16.9. The van der Waals surface area contributed by atoms with E-state index in [4.69, 9.17) is 21.3 Å². The number of ether oxygens (including phenoxy) is 1. The molecule has 4 aromatic rings. The largest absolute Gasteiger partial charge is 0.482 e. The van der Waals surface area contributed by atoms with Crippen molar-refractivity contribution >= 4 is 34.7 Å². The maximum Gasteiger partial charge on any atom is 0.191 e. The van der Waals surface area contributed by atoms with Crippen LogP contribution >= 0.6 is 34.7 Å². The minimum atomic E-state index is -0.235. The molecule has 0 aliphatic rings. The number of aromatic nitrogens is 4. The predicted octanol–water partition coefficient (Wildman–Crippen LogP) is 6.33. The zero-order valence-corrected chi connectivity index (χ0v) is 19.3. The second-order valence-electron chi connectivity index (χ2n) is 6.87. The first-order chi connectivity index (χ1) is 14.5. The summed E-state index contributed by atoms with van der Waals surface area (Å²) in [5, 5.41) is 13.4. The van der Waals surface area contributed by atoms with Crippen molar-refractivity contribution < 1.29 is 4.74 Å². The van der Waals surface area contributed by atoms with Gasteiger partial charge in [0.2, 0.25) is 0 Å². The van der Waals surface area contributed by atoms with Crippen molar-refractivity contribution in [2.24, 2.45) is 7.05 Å². The Kier molecular flexibility index (Phi) is 6.41. The van der Waals surface area contributed by atoms with E-state index < -0.39 is 0 Å². The third-order valence-electron chi connectivity index (χ3n) is 4.59. The molecule has 2 heterocycles. The summed E-state index contributed by atoms with van der Waals surface area (Å²) in [6, 6.07) is 15.8. The van der Waals surface area contributed by atoms with E-state index in [-0.39, 0.29) is 6.10 Å². The van der Waals surface area contributed by atoms with Gasteiger partial charge in [-0.15, -0.1) is 21.5 Å². The summed E-state index contributed by atoms with van der Waals surface area (Å²) in [5.41, 5.74) is 3.17. The van der Waals surface area contributed by atoms with Gasteiger partial charge in [-0.2, -0.15) is 0 Å². The van der Waals surface area contributed by atoms with Crippen molar-refractivity contribution in [3.8, 4) is 16.3 Å². The quantitative estimate of drug-likeness (QED) is 0.304. The summed E-state index contributed by atoms with van der Waals surface area (Å²) in [6.07, 6.45) is -0.235. The average molecular weight is 457 g/mol. The predicted molar refractivity (Wildman–Crippen MR) is 123 cm³/mol. The number of thiazole rings is 1. The average Bonchev–Trinajstić information content (AvgIpc) is 3.36. The lowest BCUT2D eigenvalue weighted by atomic mass is 10.2. The van der Waals surface area contributed by atoms with Crippen molar-refractivity contribution in [1.29, 1.82) is 0 Å². The second kappa shape index (κ2) is 9.20. The van der Waals surface area contributed by atoms with E-state index in [2.05, 4.69) is 27.7 Å². The Hall–Kier alpha value is -2.35. The molecule has 0 spiro atoms. The maximum atomic E-state index is 6.09. The minimum absolute atomic E-state index is 0.235. The number of hydrogen-bond donors (Lipinski definition) is 0. The maximum absolute atomic E-state index is 6.09. The van der Waals surface area contributed by atoms with Crippen LogP contribution in [0.3, 0.4) is 0 Å². The van der Waals surface area contributed by atoms with Gasteiger partial charge >= 0.3 is 0 Å². The van der Waals surface area contributed by atoms with E-state index >= 15 is 0 Å². The highest BCUT2D eigenvalue weighted by Crippen LogP contribution is 2.30. The van der Waals surface area contributed by atoms with Crippen molar-refractivity contribution in [2.45, 2.75) is 30.9 Å². The highest BCUT2D eigenvalue weighted by atomic mass is 35.5. The van der Waals surface area contributed by atoms with E-state index in [1.165, 1.54) is 0 Å². The molecule has 154 valence electrons. The molecule has 2 aromatic carbocycles. The van der Waals surface area contributed by atoms with Crippen LogP contribution in [-0.4, -0.2) is 19.7 Å². The highest BCUT2D eigenvalue weighted by Gasteiger charge is 2.18. The molecule has 0 saturated carbocycles. The van der Waals surface area contributed by atoms with Gasteiger partial charge in [0.25, 0.3) is 0 Å². The van der Waals surface area contributed by atoms with Crippen LogP contribution in [0.2, 0.25) is 5.02 Å². The standard InChI is InChI=1S/C22H21ClN4OS2/c1-14-11-17(23)9-10-19(14)28-15(2)20-25-26-22(27(20)3)30-13-18-12-29-21(24-18)16-7-5-4-6-8-16/h4-12,15H,13H2,1-3H3. The molecule has 8 heteroatoms. The lowest BCUT2D eigenvalue weighted by molar-refractivity contribution is 0.210. The summed E-state index contributed by atoms with van der Waals surface area (Å²) in [5.74, 6) is 2.30. The van der Waals surface area contributed by atoms with E-state index in [9.17, 15) is 0 Å². The Morgan fingerprint density at radius 1 is 1.17 bits per heavy atom. The van der Waals surface area contributed by atoms with Crippen molar-refractivity contribution in [3.63, 3.8) is 0 Å². The van der Waals surface area contributed by atoms with Crippen LogP contribution in [0.4, 0.5) is 0 Å². The third-order valence-corrected chi connectivity index (χ3v) is 6.82. The van der Waals surface area contributed by atoms with Gasteiger partial charge < -0.3 is 9.30 Å². The second-order valence-corrected chi connectivity index (χ2v) is 9.11. The molecule has 0 aliphatic carbocycles. The van der Waals surface area contributed by atoms with Crippen molar-refractivity contribution in [2.75, 3.05) is 0 Å². The summed E-state index contributed by atoms with van der Waals surface area (Å²) in [4.78, 5) is 4.74. The monoisotopic (exact) mass is 456 g/mol. The lowest BCUT2D eigenvalue weighted by Crippen LogP contribution is -2.10. The number of benzene rings is 2. The molecular formula is C22H21ClN4OS2. The van der Waals surface area contributed by atoms with Crippen LogP contribution in [0, 0.1) is 6.92 Å². The van der Waals surface area contributed by atoms with Crippen LogP contribution in [0.25, 0.3) is 10.6 Å². The molecule has 0 fully saturated rings. The molecule has 0 amide bonds. The fourth-order valence-corrected chi connectivity index (χ4v) is 4.99. The van der Waals surface area contributed by atoms with Crippen LogP contribution in [0.15, 0.2) is 59.1 Å². The van der Waals surface area contributed by atoms with Crippen LogP contribution in [0.5, 0.6) is 5.75 Å². The smallest absolute Gasteiger partial charge is 0.191 e. The Balaban J connectivity index is 1.41. The summed E-state index contributed by atoms with van der Waals surface area (Å²) in [7, 11) is 1.96. The SMILES string of the molecule is Cc1cc(Cl)ccc1OC(C)c1nnc(SCc2csc(-c3ccccc3)n2)n1C. The first kappa shape index (κ1) is 20.9. The topological polar surface area (TPSA) is 52.8 Å². The minimum Gasteiger partial charge on any atom is -0.482 e. The normalized spacial score (nSPS) is 12.1. The van der Waals surface area contributed by atoms with E-state index in [1.807, 2.05) is 61.9 Å². The van der Waals surface area contributed by atoms with Gasteiger partial charge in [0.1, 0.15) is 10.8 Å². The van der Waals surface area contributed by atoms with E-state index in [0.717, 1.165) is 44.3 Å². The molecule has 0 N–H and O–H groups in total. The number of rotatable bonds is 7. The molecule has 1 atom stereocenters. The molecule has 5 nitrogen and oxygen atoms in total. The third kappa shape index (κ3) is 4.69. The van der Waals surface area contributed by atoms with Crippen molar-refractivity contribution in [3.05, 3.63) is 76.0 Å². The Bertz CT molecular complexity index is 1140. The van der Waals surface area contributed by atoms with Crippen LogP contribution in [-0.2, 0) is 12.8 Å². The summed E-state index contributed by atoms with van der Waals surface area (Å²) in [6.45, 7) is 3.95. The number of hydrogen-bond acceptors (Lipinski definition) is 6. The highest BCUT2D eigenvalue weighted by molar-refractivity contribution is 7.98. The number of thioether (sulfide) groups is 1. The fourth-order valence-electron chi connectivity index (χ4n) is 3.02. The van der Waals surface area contributed by atoms with Gasteiger partial charge in [-0.25, -0.2) is 4.98 Å². The molecule has 2 aromatic heterocycles. The molecule has 0 aliphatic heterocycles.